The summed E-state index contributed by atoms with van der Waals surface area (Å²) in [6.45, 7) is 5.53. The average molecular weight is 207 g/mol. The summed E-state index contributed by atoms with van der Waals surface area (Å²) >= 11 is 0. The molecule has 84 valence electrons. The Morgan fingerprint density at radius 3 is 2.93 bits per heavy atom. The van der Waals surface area contributed by atoms with E-state index in [1.165, 1.54) is 12.0 Å². The Balaban J connectivity index is 2.05. The third-order valence-electron chi connectivity index (χ3n) is 3.38. The molecule has 0 amide bonds. The Bertz CT molecular complexity index is 318. The quantitative estimate of drug-likeness (QED) is 0.802. The van der Waals surface area contributed by atoms with Crippen molar-refractivity contribution in [3.63, 3.8) is 0 Å². The average Bonchev–Trinajstić information content (AvgIpc) is 2.76. The fourth-order valence-corrected chi connectivity index (χ4v) is 2.33. The highest BCUT2D eigenvalue weighted by molar-refractivity contribution is 5.15. The first-order valence-electron chi connectivity index (χ1n) is 5.95. The third-order valence-corrected chi connectivity index (χ3v) is 3.38. The van der Waals surface area contributed by atoms with Crippen LogP contribution in [0.5, 0.6) is 0 Å². The summed E-state index contributed by atoms with van der Waals surface area (Å²) in [5.74, 6) is 1.69. The maximum Gasteiger partial charge on any atom is 0.0537 e. The van der Waals surface area contributed by atoms with Gasteiger partial charge in [0.2, 0.25) is 0 Å². The number of aryl methyl sites for hydroxylation is 1. The predicted molar refractivity (Wildman–Crippen MR) is 61.6 cm³/mol. The maximum atomic E-state index is 4.39. The molecule has 2 rings (SSSR count). The van der Waals surface area contributed by atoms with Crippen LogP contribution in [-0.2, 0) is 6.54 Å². The van der Waals surface area contributed by atoms with Crippen LogP contribution in [0.15, 0.2) is 12.4 Å². The minimum atomic E-state index is 0.505. The molecule has 3 heteroatoms. The lowest BCUT2D eigenvalue weighted by Gasteiger charge is -2.13. The van der Waals surface area contributed by atoms with Crippen LogP contribution >= 0.6 is 0 Å². The second kappa shape index (κ2) is 4.35. The Morgan fingerprint density at radius 1 is 1.67 bits per heavy atom. The molecule has 0 saturated heterocycles. The molecule has 1 saturated carbocycles. The molecule has 1 aliphatic carbocycles. The van der Waals surface area contributed by atoms with E-state index < -0.39 is 0 Å². The van der Waals surface area contributed by atoms with Crippen molar-refractivity contribution in [3.8, 4) is 0 Å². The highest BCUT2D eigenvalue weighted by Crippen LogP contribution is 2.46. The van der Waals surface area contributed by atoms with Crippen LogP contribution in [0.2, 0.25) is 0 Å². The lowest BCUT2D eigenvalue weighted by atomic mass is 10.1. The molecule has 0 bridgehead atoms. The zero-order valence-corrected chi connectivity index (χ0v) is 9.90. The van der Waals surface area contributed by atoms with Gasteiger partial charge in [-0.05, 0) is 31.7 Å². The lowest BCUT2D eigenvalue weighted by Crippen LogP contribution is -2.18. The van der Waals surface area contributed by atoms with Gasteiger partial charge in [0, 0.05) is 24.3 Å². The van der Waals surface area contributed by atoms with Crippen LogP contribution in [0, 0.1) is 11.8 Å². The van der Waals surface area contributed by atoms with Crippen LogP contribution in [0.25, 0.3) is 0 Å². The van der Waals surface area contributed by atoms with Crippen molar-refractivity contribution in [1.82, 2.24) is 15.1 Å². The third kappa shape index (κ3) is 2.23. The topological polar surface area (TPSA) is 29.9 Å². The van der Waals surface area contributed by atoms with Crippen molar-refractivity contribution in [2.45, 2.75) is 39.3 Å². The lowest BCUT2D eigenvalue weighted by molar-refractivity contribution is 0.502. The second-order valence-electron chi connectivity index (χ2n) is 4.68. The molecule has 0 aliphatic heterocycles. The van der Waals surface area contributed by atoms with Gasteiger partial charge in [0.1, 0.15) is 0 Å². The molecule has 1 fully saturated rings. The number of aromatic nitrogens is 2. The Kier molecular flexibility index (Phi) is 3.10. The van der Waals surface area contributed by atoms with E-state index in [4.69, 9.17) is 0 Å². The van der Waals surface area contributed by atoms with Gasteiger partial charge in [-0.25, -0.2) is 0 Å². The van der Waals surface area contributed by atoms with Gasteiger partial charge >= 0.3 is 0 Å². The largest absolute Gasteiger partial charge is 0.313 e. The molecule has 0 spiro atoms. The van der Waals surface area contributed by atoms with E-state index in [1.54, 1.807) is 0 Å². The van der Waals surface area contributed by atoms with Gasteiger partial charge < -0.3 is 5.32 Å². The van der Waals surface area contributed by atoms with Crippen molar-refractivity contribution in [3.05, 3.63) is 18.0 Å². The van der Waals surface area contributed by atoms with E-state index in [-0.39, 0.29) is 0 Å². The zero-order chi connectivity index (χ0) is 10.8. The molecule has 3 unspecified atom stereocenters. The number of nitrogens with one attached hydrogen (secondary N) is 1. The van der Waals surface area contributed by atoms with Gasteiger partial charge in [0.15, 0.2) is 0 Å². The van der Waals surface area contributed by atoms with Crippen molar-refractivity contribution in [2.24, 2.45) is 11.8 Å². The highest BCUT2D eigenvalue weighted by Gasteiger charge is 2.39. The second-order valence-corrected chi connectivity index (χ2v) is 4.68. The summed E-state index contributed by atoms with van der Waals surface area (Å²) in [6.07, 6.45) is 6.70. The van der Waals surface area contributed by atoms with Crippen molar-refractivity contribution < 1.29 is 0 Å². The summed E-state index contributed by atoms with van der Waals surface area (Å²) < 4.78 is 2.05. The standard InChI is InChI=1S/C12H21N3/c1-4-5-15-8-10(7-14-15)12(13-3)11-6-9(11)2/h7-9,11-13H,4-6H2,1-3H3. The van der Waals surface area contributed by atoms with Gasteiger partial charge in [0.25, 0.3) is 0 Å². The minimum absolute atomic E-state index is 0.505. The van der Waals surface area contributed by atoms with Crippen molar-refractivity contribution >= 4 is 0 Å². The normalized spacial score (nSPS) is 26.6. The summed E-state index contributed by atoms with van der Waals surface area (Å²) in [5, 5.41) is 7.80. The van der Waals surface area contributed by atoms with Gasteiger partial charge in [0.05, 0.1) is 6.20 Å². The summed E-state index contributed by atoms with van der Waals surface area (Å²) in [7, 11) is 2.05. The molecular formula is C12H21N3. The first kappa shape index (κ1) is 10.7. The molecule has 1 aromatic heterocycles. The van der Waals surface area contributed by atoms with Crippen LogP contribution in [-0.4, -0.2) is 16.8 Å². The summed E-state index contributed by atoms with van der Waals surface area (Å²) in [4.78, 5) is 0. The fourth-order valence-electron chi connectivity index (χ4n) is 2.33. The van der Waals surface area contributed by atoms with Crippen LogP contribution < -0.4 is 5.32 Å². The molecule has 3 nitrogen and oxygen atoms in total. The van der Waals surface area contributed by atoms with Gasteiger partial charge in [-0.2, -0.15) is 5.10 Å². The predicted octanol–water partition coefficient (Wildman–Crippen LogP) is 2.21. The highest BCUT2D eigenvalue weighted by atomic mass is 15.3. The van der Waals surface area contributed by atoms with Crippen LogP contribution in [0.3, 0.4) is 0 Å². The summed E-state index contributed by atoms with van der Waals surface area (Å²) in [5.41, 5.74) is 1.35. The number of rotatable bonds is 5. The fraction of sp³-hybridized carbons (Fsp3) is 0.750. The Hall–Kier alpha value is -0.830. The maximum absolute atomic E-state index is 4.39. The van der Waals surface area contributed by atoms with E-state index in [9.17, 15) is 0 Å². The first-order chi connectivity index (χ1) is 7.26. The monoisotopic (exact) mass is 207 g/mol. The molecule has 0 radical (unpaired) electrons. The smallest absolute Gasteiger partial charge is 0.0537 e. The molecule has 15 heavy (non-hydrogen) atoms. The van der Waals surface area contributed by atoms with E-state index in [0.717, 1.165) is 24.8 Å². The molecule has 3 atom stereocenters. The Morgan fingerprint density at radius 2 is 2.40 bits per heavy atom. The van der Waals surface area contributed by atoms with Gasteiger partial charge in [-0.3, -0.25) is 4.68 Å². The molecule has 1 aliphatic rings. The van der Waals surface area contributed by atoms with Crippen molar-refractivity contribution in [1.29, 1.82) is 0 Å². The van der Waals surface area contributed by atoms with E-state index in [2.05, 4.69) is 30.5 Å². The van der Waals surface area contributed by atoms with Crippen molar-refractivity contribution in [2.75, 3.05) is 7.05 Å². The summed E-state index contributed by atoms with van der Waals surface area (Å²) in [6, 6.07) is 0.505. The zero-order valence-electron chi connectivity index (χ0n) is 9.90. The Labute approximate surface area is 91.9 Å². The number of hydrogen-bond acceptors (Lipinski definition) is 2. The number of nitrogens with zero attached hydrogens (tertiary/aromatic N) is 2. The molecule has 1 heterocycles. The van der Waals surface area contributed by atoms with Crippen LogP contribution in [0.1, 0.15) is 38.3 Å². The van der Waals surface area contributed by atoms with Gasteiger partial charge in [-0.15, -0.1) is 0 Å². The molecule has 1 N–H and O–H groups in total. The first-order valence-corrected chi connectivity index (χ1v) is 5.95. The van der Waals surface area contributed by atoms with E-state index in [1.807, 2.05) is 17.9 Å². The molecule has 0 aromatic carbocycles. The molecular weight excluding hydrogens is 186 g/mol. The SMILES string of the molecule is CCCn1cc(C(NC)C2CC2C)cn1. The minimum Gasteiger partial charge on any atom is -0.313 e. The molecule has 1 aromatic rings. The van der Waals surface area contributed by atoms with Gasteiger partial charge in [-0.1, -0.05) is 13.8 Å². The van der Waals surface area contributed by atoms with E-state index in [0.29, 0.717) is 6.04 Å². The van der Waals surface area contributed by atoms with E-state index >= 15 is 0 Å². The number of hydrogen-bond donors (Lipinski definition) is 1. The van der Waals surface area contributed by atoms with Crippen LogP contribution in [0.4, 0.5) is 0 Å².